The van der Waals surface area contributed by atoms with Crippen molar-refractivity contribution in [1.29, 1.82) is 0 Å². The van der Waals surface area contributed by atoms with Crippen LogP contribution >= 0.6 is 0 Å². The molecule has 1 amide bonds. The molecule has 0 unspecified atom stereocenters. The second-order valence-corrected chi connectivity index (χ2v) is 6.22. The smallest absolute Gasteiger partial charge is 0.417 e. The molecule has 10 heteroatoms. The molecule has 0 aliphatic carbocycles. The lowest BCUT2D eigenvalue weighted by Gasteiger charge is -2.14. The van der Waals surface area contributed by atoms with Crippen molar-refractivity contribution in [2.24, 2.45) is 0 Å². The van der Waals surface area contributed by atoms with Gasteiger partial charge in [-0.2, -0.15) is 13.2 Å². The van der Waals surface area contributed by atoms with Gasteiger partial charge in [-0.05, 0) is 42.5 Å². The van der Waals surface area contributed by atoms with Gasteiger partial charge in [0.2, 0.25) is 0 Å². The first-order chi connectivity index (χ1) is 14.7. The van der Waals surface area contributed by atoms with Crippen LogP contribution in [0.3, 0.4) is 0 Å². The van der Waals surface area contributed by atoms with E-state index >= 15 is 0 Å². The lowest BCUT2D eigenvalue weighted by Crippen LogP contribution is -2.20. The zero-order chi connectivity index (χ0) is 22.6. The molecular weight excluding hydrogens is 415 g/mol. The van der Waals surface area contributed by atoms with Gasteiger partial charge >= 0.3 is 12.1 Å². The second kappa shape index (κ2) is 8.82. The van der Waals surface area contributed by atoms with E-state index in [1.54, 1.807) is 24.3 Å². The predicted molar refractivity (Wildman–Crippen MR) is 105 cm³/mol. The Balaban J connectivity index is 1.90. The van der Waals surface area contributed by atoms with Crippen LogP contribution in [0.1, 0.15) is 26.3 Å². The number of carbonyl (C=O) groups excluding carboxylic acids is 2. The molecule has 3 rings (SSSR count). The van der Waals surface area contributed by atoms with Crippen LogP contribution in [0.5, 0.6) is 5.75 Å². The van der Waals surface area contributed by atoms with Crippen molar-refractivity contribution >= 4 is 17.7 Å². The van der Waals surface area contributed by atoms with Crippen molar-refractivity contribution in [3.63, 3.8) is 0 Å². The fourth-order valence-electron chi connectivity index (χ4n) is 2.75. The van der Waals surface area contributed by atoms with Gasteiger partial charge in [-0.3, -0.25) is 4.79 Å². The summed E-state index contributed by atoms with van der Waals surface area (Å²) in [7, 11) is 2.58. The normalized spacial score (nSPS) is 11.0. The average Bonchev–Trinajstić information content (AvgIpc) is 2.77. The molecule has 160 valence electrons. The van der Waals surface area contributed by atoms with E-state index in [0.717, 1.165) is 19.2 Å². The summed E-state index contributed by atoms with van der Waals surface area (Å²) in [6.45, 7) is 0. The summed E-state index contributed by atoms with van der Waals surface area (Å²) < 4.78 is 49.9. The van der Waals surface area contributed by atoms with E-state index in [2.05, 4.69) is 20.0 Å². The number of amides is 1. The maximum Gasteiger partial charge on any atom is 0.417 e. The number of esters is 1. The molecule has 2 aromatic carbocycles. The van der Waals surface area contributed by atoms with E-state index in [1.165, 1.54) is 19.5 Å². The zero-order valence-electron chi connectivity index (χ0n) is 16.4. The molecule has 1 aromatic heterocycles. The van der Waals surface area contributed by atoms with Crippen LogP contribution in [-0.4, -0.2) is 36.1 Å². The molecule has 0 bridgehead atoms. The van der Waals surface area contributed by atoms with Crippen LogP contribution < -0.4 is 10.1 Å². The number of anilines is 1. The van der Waals surface area contributed by atoms with Gasteiger partial charge < -0.3 is 14.8 Å². The molecule has 0 aliphatic rings. The Kier molecular flexibility index (Phi) is 6.19. The number of methoxy groups -OCH3 is 2. The number of aromatic nitrogens is 2. The van der Waals surface area contributed by atoms with Gasteiger partial charge in [0.25, 0.3) is 5.91 Å². The van der Waals surface area contributed by atoms with Crippen molar-refractivity contribution in [2.45, 2.75) is 6.18 Å². The highest BCUT2D eigenvalue weighted by molar-refractivity contribution is 6.05. The molecule has 1 N–H and O–H groups in total. The van der Waals surface area contributed by atoms with Gasteiger partial charge in [0.1, 0.15) is 17.9 Å². The van der Waals surface area contributed by atoms with Crippen molar-refractivity contribution in [1.82, 2.24) is 9.97 Å². The average molecular weight is 431 g/mol. The third kappa shape index (κ3) is 4.97. The fraction of sp³-hybridized carbons (Fsp3) is 0.143. The first-order valence-corrected chi connectivity index (χ1v) is 8.80. The molecule has 3 aromatic rings. The van der Waals surface area contributed by atoms with Crippen molar-refractivity contribution < 1.29 is 32.2 Å². The van der Waals surface area contributed by atoms with Crippen LogP contribution in [0.25, 0.3) is 11.3 Å². The number of carbonyl (C=O) groups is 2. The summed E-state index contributed by atoms with van der Waals surface area (Å²) in [6.07, 6.45) is -3.68. The van der Waals surface area contributed by atoms with Gasteiger partial charge in [0.05, 0.1) is 36.6 Å². The molecule has 0 atom stereocenters. The summed E-state index contributed by atoms with van der Waals surface area (Å²) in [5, 5.41) is 2.34. The van der Waals surface area contributed by atoms with E-state index in [1.807, 2.05) is 0 Å². The van der Waals surface area contributed by atoms with E-state index in [0.29, 0.717) is 23.1 Å². The van der Waals surface area contributed by atoms with Gasteiger partial charge in [0, 0.05) is 11.6 Å². The first kappa shape index (κ1) is 21.8. The molecule has 0 saturated carbocycles. The number of nitrogens with zero attached hydrogens (tertiary/aromatic N) is 2. The van der Waals surface area contributed by atoms with Crippen molar-refractivity contribution in [2.75, 3.05) is 19.5 Å². The molecule has 7 nitrogen and oxygen atoms in total. The Labute approximate surface area is 174 Å². The van der Waals surface area contributed by atoms with Crippen molar-refractivity contribution in [3.05, 3.63) is 71.5 Å². The molecule has 0 saturated heterocycles. The Morgan fingerprint density at radius 3 is 2.29 bits per heavy atom. The minimum absolute atomic E-state index is 0.0102. The summed E-state index contributed by atoms with van der Waals surface area (Å²) >= 11 is 0. The van der Waals surface area contributed by atoms with Crippen LogP contribution in [-0.2, 0) is 10.9 Å². The molecule has 1 heterocycles. The fourth-order valence-corrected chi connectivity index (χ4v) is 2.75. The number of hydrogen-bond acceptors (Lipinski definition) is 6. The van der Waals surface area contributed by atoms with Gasteiger partial charge in [-0.25, -0.2) is 14.8 Å². The van der Waals surface area contributed by atoms with Crippen LogP contribution in [0.2, 0.25) is 0 Å². The summed E-state index contributed by atoms with van der Waals surface area (Å²) in [5.74, 6) is -1.34. The number of benzene rings is 2. The molecular formula is C21H16F3N3O4. The third-order valence-electron chi connectivity index (χ3n) is 4.29. The van der Waals surface area contributed by atoms with Gasteiger partial charge in [-0.15, -0.1) is 0 Å². The number of rotatable bonds is 5. The zero-order valence-corrected chi connectivity index (χ0v) is 16.4. The minimum Gasteiger partial charge on any atom is -0.497 e. The molecule has 0 fully saturated rings. The Morgan fingerprint density at radius 2 is 1.68 bits per heavy atom. The first-order valence-electron chi connectivity index (χ1n) is 8.80. The molecule has 31 heavy (non-hydrogen) atoms. The maximum absolute atomic E-state index is 13.5. The van der Waals surface area contributed by atoms with E-state index in [4.69, 9.17) is 4.74 Å². The van der Waals surface area contributed by atoms with E-state index in [9.17, 15) is 22.8 Å². The quantitative estimate of drug-likeness (QED) is 0.609. The summed E-state index contributed by atoms with van der Waals surface area (Å²) in [6, 6.07) is 10.9. The van der Waals surface area contributed by atoms with Crippen LogP contribution in [0, 0.1) is 0 Å². The van der Waals surface area contributed by atoms with Crippen molar-refractivity contribution in [3.8, 4) is 17.0 Å². The highest BCUT2D eigenvalue weighted by Crippen LogP contribution is 2.33. The van der Waals surface area contributed by atoms with Gasteiger partial charge in [-0.1, -0.05) is 0 Å². The third-order valence-corrected chi connectivity index (χ3v) is 4.29. The molecule has 0 spiro atoms. The minimum atomic E-state index is -4.86. The summed E-state index contributed by atoms with van der Waals surface area (Å²) in [4.78, 5) is 32.1. The Morgan fingerprint density at radius 1 is 0.968 bits per heavy atom. The topological polar surface area (TPSA) is 90.4 Å². The van der Waals surface area contributed by atoms with Gasteiger partial charge in [0.15, 0.2) is 0 Å². The predicted octanol–water partition coefficient (Wildman–Crippen LogP) is 4.21. The molecule has 0 aliphatic heterocycles. The largest absolute Gasteiger partial charge is 0.497 e. The highest BCUT2D eigenvalue weighted by Gasteiger charge is 2.36. The monoisotopic (exact) mass is 431 g/mol. The number of nitrogens with one attached hydrogen (secondary N) is 1. The summed E-state index contributed by atoms with van der Waals surface area (Å²) in [5.41, 5.74) is -1.11. The second-order valence-electron chi connectivity index (χ2n) is 6.22. The SMILES string of the molecule is COC(=O)c1ccc(C(=O)Nc2cc(-c3ccc(OC)cc3)ncn2)c(C(F)(F)F)c1. The number of ether oxygens (including phenoxy) is 2. The lowest BCUT2D eigenvalue weighted by atomic mass is 10.0. The Bertz CT molecular complexity index is 1120. The molecule has 0 radical (unpaired) electrons. The van der Waals surface area contributed by atoms with Crippen LogP contribution in [0.15, 0.2) is 54.9 Å². The highest BCUT2D eigenvalue weighted by atomic mass is 19.4. The maximum atomic E-state index is 13.5. The Hall–Kier alpha value is -3.95. The number of hydrogen-bond donors (Lipinski definition) is 1. The van der Waals surface area contributed by atoms with E-state index < -0.39 is 29.2 Å². The number of alkyl halides is 3. The van der Waals surface area contributed by atoms with E-state index in [-0.39, 0.29) is 11.4 Å². The standard InChI is InChI=1S/C21H16F3N3O4/c1-30-14-6-3-12(4-7-14)17-10-18(26-11-25-17)27-19(28)15-8-5-13(20(29)31-2)9-16(15)21(22,23)24/h3-11H,1-2H3,(H,25,26,27,28). The van der Waals surface area contributed by atoms with Crippen LogP contribution in [0.4, 0.5) is 19.0 Å². The lowest BCUT2D eigenvalue weighted by molar-refractivity contribution is -0.137. The number of halogens is 3.